The molecular formula is C14H18BrNO. The molecule has 0 aliphatic heterocycles. The summed E-state index contributed by atoms with van der Waals surface area (Å²) in [6.45, 7) is 2.85. The van der Waals surface area contributed by atoms with Crippen molar-refractivity contribution >= 4 is 21.8 Å². The smallest absolute Gasteiger partial charge is 0.223 e. The van der Waals surface area contributed by atoms with Gasteiger partial charge in [-0.05, 0) is 25.3 Å². The summed E-state index contributed by atoms with van der Waals surface area (Å²) in [5, 5.41) is 0.753. The number of carbonyl (C=O) groups excluding carboxylic acids is 1. The van der Waals surface area contributed by atoms with Gasteiger partial charge in [0.2, 0.25) is 5.91 Å². The van der Waals surface area contributed by atoms with Crippen LogP contribution in [0.3, 0.4) is 0 Å². The van der Waals surface area contributed by atoms with E-state index in [-0.39, 0.29) is 5.91 Å². The van der Waals surface area contributed by atoms with E-state index >= 15 is 0 Å². The summed E-state index contributed by atoms with van der Waals surface area (Å²) in [7, 11) is 0. The van der Waals surface area contributed by atoms with Crippen molar-refractivity contribution in [1.82, 2.24) is 4.90 Å². The van der Waals surface area contributed by atoms with Gasteiger partial charge in [0.15, 0.2) is 0 Å². The number of carbonyl (C=O) groups is 1. The van der Waals surface area contributed by atoms with Crippen LogP contribution in [0.15, 0.2) is 24.3 Å². The van der Waals surface area contributed by atoms with Crippen LogP contribution in [-0.4, -0.2) is 22.2 Å². The number of halogens is 1. The second-order valence-electron chi connectivity index (χ2n) is 4.68. The van der Waals surface area contributed by atoms with E-state index in [1.54, 1.807) is 0 Å². The van der Waals surface area contributed by atoms with Gasteiger partial charge in [0.05, 0.1) is 0 Å². The molecule has 0 unspecified atom stereocenters. The Morgan fingerprint density at radius 1 is 1.47 bits per heavy atom. The van der Waals surface area contributed by atoms with Crippen molar-refractivity contribution in [2.24, 2.45) is 0 Å². The standard InChI is InChI=1S/C14H18BrNO/c1-11-3-2-4-12(9-11)10-16(13-5-6-13)14(17)7-8-15/h2-4,9,13H,5-8,10H2,1H3. The van der Waals surface area contributed by atoms with Crippen molar-refractivity contribution < 1.29 is 4.79 Å². The third-order valence-electron chi connectivity index (χ3n) is 3.05. The number of rotatable bonds is 5. The minimum atomic E-state index is 0.269. The number of amides is 1. The lowest BCUT2D eigenvalue weighted by Gasteiger charge is -2.22. The molecule has 2 nitrogen and oxygen atoms in total. The van der Waals surface area contributed by atoms with Gasteiger partial charge in [-0.2, -0.15) is 0 Å². The van der Waals surface area contributed by atoms with Crippen LogP contribution in [0.1, 0.15) is 30.4 Å². The zero-order valence-electron chi connectivity index (χ0n) is 10.2. The van der Waals surface area contributed by atoms with E-state index in [1.165, 1.54) is 24.0 Å². The first-order valence-electron chi connectivity index (χ1n) is 6.11. The van der Waals surface area contributed by atoms with Gasteiger partial charge >= 0.3 is 0 Å². The van der Waals surface area contributed by atoms with Crippen molar-refractivity contribution in [1.29, 1.82) is 0 Å². The number of aryl methyl sites for hydroxylation is 1. The number of hydrogen-bond donors (Lipinski definition) is 0. The van der Waals surface area contributed by atoms with E-state index in [0.717, 1.165) is 11.9 Å². The molecular weight excluding hydrogens is 278 g/mol. The van der Waals surface area contributed by atoms with E-state index in [4.69, 9.17) is 0 Å². The zero-order chi connectivity index (χ0) is 12.3. The van der Waals surface area contributed by atoms with Crippen LogP contribution >= 0.6 is 15.9 Å². The van der Waals surface area contributed by atoms with Crippen molar-refractivity contribution in [3.8, 4) is 0 Å². The number of benzene rings is 1. The molecule has 1 aromatic carbocycles. The van der Waals surface area contributed by atoms with E-state index in [0.29, 0.717) is 12.5 Å². The Labute approximate surface area is 111 Å². The Hall–Kier alpha value is -0.830. The van der Waals surface area contributed by atoms with Crippen molar-refractivity contribution in [2.75, 3.05) is 5.33 Å². The highest BCUT2D eigenvalue weighted by Crippen LogP contribution is 2.29. The lowest BCUT2D eigenvalue weighted by Crippen LogP contribution is -2.32. The average molecular weight is 296 g/mol. The van der Waals surface area contributed by atoms with Crippen LogP contribution in [-0.2, 0) is 11.3 Å². The van der Waals surface area contributed by atoms with E-state index in [2.05, 4.69) is 47.1 Å². The average Bonchev–Trinajstić information content (AvgIpc) is 3.10. The van der Waals surface area contributed by atoms with Gasteiger partial charge in [0.1, 0.15) is 0 Å². The van der Waals surface area contributed by atoms with Gasteiger partial charge in [-0.15, -0.1) is 0 Å². The second-order valence-corrected chi connectivity index (χ2v) is 5.47. The number of alkyl halides is 1. The van der Waals surface area contributed by atoms with Gasteiger partial charge in [-0.1, -0.05) is 45.8 Å². The summed E-state index contributed by atoms with van der Waals surface area (Å²) in [5.74, 6) is 0.269. The van der Waals surface area contributed by atoms with Crippen LogP contribution < -0.4 is 0 Å². The van der Waals surface area contributed by atoms with Crippen LogP contribution in [0.5, 0.6) is 0 Å². The fourth-order valence-electron chi connectivity index (χ4n) is 2.04. The van der Waals surface area contributed by atoms with Crippen LogP contribution in [0.2, 0.25) is 0 Å². The Kier molecular flexibility index (Phi) is 4.21. The summed E-state index contributed by atoms with van der Waals surface area (Å²) < 4.78 is 0. The molecule has 0 saturated heterocycles. The molecule has 0 bridgehead atoms. The first-order valence-corrected chi connectivity index (χ1v) is 7.24. The van der Waals surface area contributed by atoms with Crippen molar-refractivity contribution in [2.45, 2.75) is 38.8 Å². The molecule has 3 heteroatoms. The predicted octanol–water partition coefficient (Wildman–Crippen LogP) is 3.27. The largest absolute Gasteiger partial charge is 0.335 e. The van der Waals surface area contributed by atoms with Crippen LogP contribution in [0, 0.1) is 6.92 Å². The number of nitrogens with zero attached hydrogens (tertiary/aromatic N) is 1. The van der Waals surface area contributed by atoms with Gasteiger partial charge < -0.3 is 4.90 Å². The topological polar surface area (TPSA) is 20.3 Å². The monoisotopic (exact) mass is 295 g/mol. The SMILES string of the molecule is Cc1cccc(CN(C(=O)CCBr)C2CC2)c1. The molecule has 1 aliphatic rings. The van der Waals surface area contributed by atoms with E-state index in [1.807, 2.05) is 4.90 Å². The third-order valence-corrected chi connectivity index (χ3v) is 3.45. The predicted molar refractivity (Wildman–Crippen MR) is 73.2 cm³/mol. The van der Waals surface area contributed by atoms with Gasteiger partial charge in [0.25, 0.3) is 0 Å². The summed E-state index contributed by atoms with van der Waals surface area (Å²) in [6, 6.07) is 8.90. The Morgan fingerprint density at radius 2 is 2.24 bits per heavy atom. The first kappa shape index (κ1) is 12.6. The summed E-state index contributed by atoms with van der Waals surface area (Å²) >= 11 is 3.34. The molecule has 92 valence electrons. The molecule has 0 N–H and O–H groups in total. The molecule has 0 atom stereocenters. The molecule has 1 fully saturated rings. The molecule has 17 heavy (non-hydrogen) atoms. The lowest BCUT2D eigenvalue weighted by molar-refractivity contribution is -0.131. The van der Waals surface area contributed by atoms with E-state index in [9.17, 15) is 4.79 Å². The minimum Gasteiger partial charge on any atom is -0.335 e. The first-order chi connectivity index (χ1) is 8.20. The minimum absolute atomic E-state index is 0.269. The molecule has 1 saturated carbocycles. The normalized spacial score (nSPS) is 14.7. The van der Waals surface area contributed by atoms with Gasteiger partial charge in [-0.3, -0.25) is 4.79 Å². The summed E-state index contributed by atoms with van der Waals surface area (Å²) in [5.41, 5.74) is 2.49. The lowest BCUT2D eigenvalue weighted by atomic mass is 10.1. The van der Waals surface area contributed by atoms with Crippen LogP contribution in [0.25, 0.3) is 0 Å². The highest BCUT2D eigenvalue weighted by Gasteiger charge is 2.31. The molecule has 0 spiro atoms. The van der Waals surface area contributed by atoms with Crippen molar-refractivity contribution in [3.63, 3.8) is 0 Å². The molecule has 1 aromatic rings. The molecule has 2 rings (SSSR count). The summed E-state index contributed by atoms with van der Waals surface area (Å²) in [4.78, 5) is 14.0. The molecule has 1 amide bonds. The fourth-order valence-corrected chi connectivity index (χ4v) is 2.38. The Morgan fingerprint density at radius 3 is 2.82 bits per heavy atom. The molecule has 0 aromatic heterocycles. The Bertz CT molecular complexity index is 401. The maximum Gasteiger partial charge on any atom is 0.223 e. The quantitative estimate of drug-likeness (QED) is 0.764. The molecule has 0 radical (unpaired) electrons. The Balaban J connectivity index is 2.05. The van der Waals surface area contributed by atoms with Gasteiger partial charge in [-0.25, -0.2) is 0 Å². The number of hydrogen-bond acceptors (Lipinski definition) is 1. The summed E-state index contributed by atoms with van der Waals surface area (Å²) in [6.07, 6.45) is 2.93. The molecule has 1 aliphatic carbocycles. The van der Waals surface area contributed by atoms with E-state index < -0.39 is 0 Å². The highest BCUT2D eigenvalue weighted by molar-refractivity contribution is 9.09. The maximum absolute atomic E-state index is 12.0. The zero-order valence-corrected chi connectivity index (χ0v) is 11.7. The van der Waals surface area contributed by atoms with Crippen molar-refractivity contribution in [3.05, 3.63) is 35.4 Å². The second kappa shape index (κ2) is 5.67. The van der Waals surface area contributed by atoms with Crippen LogP contribution in [0.4, 0.5) is 0 Å². The fraction of sp³-hybridized carbons (Fsp3) is 0.500. The maximum atomic E-state index is 12.0. The molecule has 0 heterocycles. The third kappa shape index (κ3) is 3.56. The highest BCUT2D eigenvalue weighted by atomic mass is 79.9. The van der Waals surface area contributed by atoms with Gasteiger partial charge in [0, 0.05) is 24.3 Å².